The summed E-state index contributed by atoms with van der Waals surface area (Å²) in [5.41, 5.74) is 0. The molecule has 0 unspecified atom stereocenters. The van der Waals surface area contributed by atoms with E-state index >= 15 is 0 Å². The van der Waals surface area contributed by atoms with Gasteiger partial charge in [-0.2, -0.15) is 0 Å². The van der Waals surface area contributed by atoms with E-state index in [4.69, 9.17) is 0 Å². The average molecular weight is 408 g/mol. The Morgan fingerprint density at radius 2 is 1.86 bits per heavy atom. The molecule has 2 heterocycles. The zero-order chi connectivity index (χ0) is 20.8. The van der Waals surface area contributed by atoms with Crippen LogP contribution in [0.15, 0.2) is 17.5 Å². The molecule has 28 heavy (non-hydrogen) atoms. The van der Waals surface area contributed by atoms with Gasteiger partial charge in [-0.15, -0.1) is 11.3 Å². The van der Waals surface area contributed by atoms with Crippen LogP contribution in [0.3, 0.4) is 0 Å². The predicted octanol–water partition coefficient (Wildman–Crippen LogP) is 0.660. The highest BCUT2D eigenvalue weighted by molar-refractivity contribution is 7.09. The number of hydrogen-bond acceptors (Lipinski definition) is 6. The number of amides is 6. The van der Waals surface area contributed by atoms with Crippen molar-refractivity contribution in [1.29, 1.82) is 0 Å². The Hall–Kier alpha value is -2.75. The number of hydrogen-bond donors (Lipinski definition) is 1. The quantitative estimate of drug-likeness (QED) is 0.477. The fourth-order valence-electron chi connectivity index (χ4n) is 2.66. The molecular formula is C18H24N4O5S. The van der Waals surface area contributed by atoms with Gasteiger partial charge in [-0.05, 0) is 24.3 Å². The molecule has 1 aliphatic rings. The Kier molecular flexibility index (Phi) is 7.27. The molecule has 0 aliphatic carbocycles. The van der Waals surface area contributed by atoms with E-state index in [2.05, 4.69) is 5.32 Å². The summed E-state index contributed by atoms with van der Waals surface area (Å²) in [6.45, 7) is 5.25. The molecule has 1 fully saturated rings. The van der Waals surface area contributed by atoms with Crippen LogP contribution >= 0.6 is 11.3 Å². The van der Waals surface area contributed by atoms with Crippen LogP contribution in [0.4, 0.5) is 4.79 Å². The summed E-state index contributed by atoms with van der Waals surface area (Å²) in [6.07, 6.45) is 0. The lowest BCUT2D eigenvalue weighted by Crippen LogP contribution is -2.46. The highest BCUT2D eigenvalue weighted by Crippen LogP contribution is 2.14. The van der Waals surface area contributed by atoms with Crippen LogP contribution in [0.25, 0.3) is 0 Å². The number of carbonyl (C=O) groups excluding carboxylic acids is 5. The summed E-state index contributed by atoms with van der Waals surface area (Å²) in [4.78, 5) is 64.7. The van der Waals surface area contributed by atoms with Gasteiger partial charge in [-0.1, -0.05) is 19.9 Å². The van der Waals surface area contributed by atoms with Crippen LogP contribution in [0.2, 0.25) is 0 Å². The molecule has 0 aromatic carbocycles. The molecule has 1 aromatic rings. The maximum Gasteiger partial charge on any atom is 0.334 e. The van der Waals surface area contributed by atoms with Gasteiger partial charge in [0.05, 0.1) is 13.1 Å². The Bertz CT molecular complexity index is 762. The molecular weight excluding hydrogens is 384 g/mol. The lowest BCUT2D eigenvalue weighted by Gasteiger charge is -2.23. The second-order valence-electron chi connectivity index (χ2n) is 6.75. The zero-order valence-electron chi connectivity index (χ0n) is 16.1. The fourth-order valence-corrected chi connectivity index (χ4v) is 3.30. The van der Waals surface area contributed by atoms with Gasteiger partial charge in [0.25, 0.3) is 0 Å². The maximum atomic E-state index is 12.5. The van der Waals surface area contributed by atoms with Gasteiger partial charge in [0.2, 0.25) is 11.8 Å². The highest BCUT2D eigenvalue weighted by atomic mass is 32.1. The van der Waals surface area contributed by atoms with Crippen LogP contribution < -0.4 is 5.32 Å². The number of thiophene rings is 1. The summed E-state index contributed by atoms with van der Waals surface area (Å²) in [5, 5.41) is 4.62. The second-order valence-corrected chi connectivity index (χ2v) is 7.78. The molecule has 10 heteroatoms. The van der Waals surface area contributed by atoms with Crippen LogP contribution in [0.1, 0.15) is 25.6 Å². The predicted molar refractivity (Wildman–Crippen MR) is 102 cm³/mol. The molecule has 0 saturated carbocycles. The molecule has 9 nitrogen and oxygen atoms in total. The monoisotopic (exact) mass is 408 g/mol. The van der Waals surface area contributed by atoms with E-state index in [1.165, 1.54) is 16.2 Å². The SMILES string of the molecule is CCN(CC(=O)NCc1cccs1)C(=O)CN1C(=O)C(=O)N(CC(C)C)C1=O. The van der Waals surface area contributed by atoms with E-state index in [0.717, 1.165) is 9.78 Å². The van der Waals surface area contributed by atoms with Gasteiger partial charge in [-0.3, -0.25) is 24.1 Å². The molecule has 0 spiro atoms. The van der Waals surface area contributed by atoms with E-state index < -0.39 is 30.3 Å². The lowest BCUT2D eigenvalue weighted by atomic mass is 10.2. The van der Waals surface area contributed by atoms with Gasteiger partial charge in [0, 0.05) is 18.0 Å². The van der Waals surface area contributed by atoms with Crippen molar-refractivity contribution in [2.75, 3.05) is 26.2 Å². The third-order valence-electron chi connectivity index (χ3n) is 4.08. The largest absolute Gasteiger partial charge is 0.350 e. The Morgan fingerprint density at radius 3 is 2.43 bits per heavy atom. The number of carbonyl (C=O) groups is 5. The topological polar surface area (TPSA) is 107 Å². The molecule has 0 bridgehead atoms. The van der Waals surface area contributed by atoms with E-state index in [1.54, 1.807) is 6.92 Å². The van der Waals surface area contributed by atoms with Crippen molar-refractivity contribution in [3.05, 3.63) is 22.4 Å². The van der Waals surface area contributed by atoms with Crippen LogP contribution in [0, 0.1) is 5.92 Å². The molecule has 0 radical (unpaired) electrons. The number of rotatable bonds is 9. The Balaban J connectivity index is 1.93. The van der Waals surface area contributed by atoms with Crippen LogP contribution in [0.5, 0.6) is 0 Å². The Morgan fingerprint density at radius 1 is 1.18 bits per heavy atom. The highest BCUT2D eigenvalue weighted by Gasteiger charge is 2.45. The van der Waals surface area contributed by atoms with Gasteiger partial charge < -0.3 is 10.2 Å². The minimum Gasteiger partial charge on any atom is -0.350 e. The van der Waals surface area contributed by atoms with E-state index in [-0.39, 0.29) is 31.5 Å². The first kappa shape index (κ1) is 21.5. The summed E-state index contributed by atoms with van der Waals surface area (Å²) < 4.78 is 0. The molecule has 152 valence electrons. The summed E-state index contributed by atoms with van der Waals surface area (Å²) >= 11 is 1.51. The number of urea groups is 1. The van der Waals surface area contributed by atoms with Crippen LogP contribution in [-0.4, -0.2) is 70.5 Å². The molecule has 6 amide bonds. The number of imide groups is 2. The van der Waals surface area contributed by atoms with E-state index in [9.17, 15) is 24.0 Å². The van der Waals surface area contributed by atoms with Crippen molar-refractivity contribution in [1.82, 2.24) is 20.0 Å². The third-order valence-corrected chi connectivity index (χ3v) is 4.96. The molecule has 1 aromatic heterocycles. The van der Waals surface area contributed by atoms with Crippen molar-refractivity contribution in [3.8, 4) is 0 Å². The van der Waals surface area contributed by atoms with Crippen molar-refractivity contribution < 1.29 is 24.0 Å². The first-order chi connectivity index (χ1) is 13.2. The number of likely N-dealkylation sites (N-methyl/N-ethyl adjacent to an activating group) is 1. The minimum atomic E-state index is -1.02. The molecule has 1 N–H and O–H groups in total. The Labute approximate surface area is 167 Å². The van der Waals surface area contributed by atoms with E-state index in [1.807, 2.05) is 31.4 Å². The zero-order valence-corrected chi connectivity index (χ0v) is 17.0. The summed E-state index contributed by atoms with van der Waals surface area (Å²) in [7, 11) is 0. The average Bonchev–Trinajstić information content (AvgIpc) is 3.23. The van der Waals surface area contributed by atoms with Gasteiger partial charge in [-0.25, -0.2) is 9.69 Å². The normalized spacial score (nSPS) is 14.2. The smallest absolute Gasteiger partial charge is 0.334 e. The molecule has 2 rings (SSSR count). The van der Waals surface area contributed by atoms with E-state index in [0.29, 0.717) is 11.4 Å². The lowest BCUT2D eigenvalue weighted by molar-refractivity contribution is -0.145. The van der Waals surface area contributed by atoms with Gasteiger partial charge >= 0.3 is 17.8 Å². The first-order valence-electron chi connectivity index (χ1n) is 8.98. The van der Waals surface area contributed by atoms with Crippen molar-refractivity contribution >= 4 is 41.0 Å². The summed E-state index contributed by atoms with van der Waals surface area (Å²) in [5.74, 6) is -2.87. The van der Waals surface area contributed by atoms with Gasteiger partial charge in [0.15, 0.2) is 0 Å². The molecule has 0 atom stereocenters. The van der Waals surface area contributed by atoms with Crippen LogP contribution in [-0.2, 0) is 25.7 Å². The standard InChI is InChI=1S/C18H24N4O5S/c1-4-20(10-14(23)19-8-13-6-5-7-28-13)15(24)11-22-17(26)16(25)21(18(22)27)9-12(2)3/h5-7,12H,4,8-11H2,1-3H3,(H,19,23). The number of nitrogens with one attached hydrogen (secondary N) is 1. The number of nitrogens with zero attached hydrogens (tertiary/aromatic N) is 3. The first-order valence-corrected chi connectivity index (χ1v) is 9.86. The minimum absolute atomic E-state index is 0.00414. The molecule has 1 saturated heterocycles. The molecule has 1 aliphatic heterocycles. The fraction of sp³-hybridized carbons (Fsp3) is 0.500. The maximum absolute atomic E-state index is 12.5. The summed E-state index contributed by atoms with van der Waals surface area (Å²) in [6, 6.07) is 2.97. The van der Waals surface area contributed by atoms with Crippen molar-refractivity contribution in [3.63, 3.8) is 0 Å². The third kappa shape index (κ3) is 5.16. The van der Waals surface area contributed by atoms with Gasteiger partial charge in [0.1, 0.15) is 6.54 Å². The van der Waals surface area contributed by atoms with Crippen molar-refractivity contribution in [2.45, 2.75) is 27.3 Å². The van der Waals surface area contributed by atoms with Crippen molar-refractivity contribution in [2.24, 2.45) is 5.92 Å². The second kappa shape index (κ2) is 9.45.